The fourth-order valence-corrected chi connectivity index (χ4v) is 3.05. The van der Waals surface area contributed by atoms with Gasteiger partial charge in [0.15, 0.2) is 0 Å². The molecule has 1 aromatic rings. The molecule has 94 valence electrons. The lowest BCUT2D eigenvalue weighted by Gasteiger charge is -2.32. The Hall–Kier alpha value is -0.890. The van der Waals surface area contributed by atoms with Crippen LogP contribution in [-0.4, -0.2) is 11.0 Å². The highest BCUT2D eigenvalue weighted by Gasteiger charge is 2.25. The predicted octanol–water partition coefficient (Wildman–Crippen LogP) is 3.17. The molecule has 1 aliphatic rings. The molecule has 2 rings (SSSR count). The number of nitrogens with two attached hydrogens (primary N) is 1. The number of aromatic nitrogens is 1. The van der Waals surface area contributed by atoms with Crippen molar-refractivity contribution in [3.05, 3.63) is 30.1 Å². The zero-order chi connectivity index (χ0) is 12.1. The van der Waals surface area contributed by atoms with Crippen LogP contribution in [0.3, 0.4) is 0 Å². The Morgan fingerprint density at radius 1 is 1.35 bits per heavy atom. The third kappa shape index (κ3) is 3.53. The van der Waals surface area contributed by atoms with Crippen molar-refractivity contribution in [2.24, 2.45) is 17.6 Å². The zero-order valence-electron chi connectivity index (χ0n) is 10.8. The molecule has 3 unspecified atom stereocenters. The van der Waals surface area contributed by atoms with Gasteiger partial charge in [0.25, 0.3) is 0 Å². The van der Waals surface area contributed by atoms with Crippen molar-refractivity contribution >= 4 is 0 Å². The summed E-state index contributed by atoms with van der Waals surface area (Å²) in [6.07, 6.45) is 11.5. The Morgan fingerprint density at radius 3 is 2.82 bits per heavy atom. The Labute approximate surface area is 105 Å². The van der Waals surface area contributed by atoms with Crippen LogP contribution in [0, 0.1) is 11.8 Å². The molecule has 2 heteroatoms. The van der Waals surface area contributed by atoms with Crippen LogP contribution in [0.2, 0.25) is 0 Å². The monoisotopic (exact) mass is 232 g/mol. The van der Waals surface area contributed by atoms with Gasteiger partial charge in [0.05, 0.1) is 0 Å². The van der Waals surface area contributed by atoms with Gasteiger partial charge in [-0.2, -0.15) is 0 Å². The molecule has 0 spiro atoms. The molecule has 0 bridgehead atoms. The first-order valence-electron chi connectivity index (χ1n) is 6.94. The van der Waals surface area contributed by atoms with E-state index in [0.29, 0.717) is 6.04 Å². The number of rotatable bonds is 4. The van der Waals surface area contributed by atoms with Crippen molar-refractivity contribution in [1.82, 2.24) is 4.98 Å². The lowest BCUT2D eigenvalue weighted by atomic mass is 9.76. The molecule has 2 nitrogen and oxygen atoms in total. The molecule has 0 amide bonds. The van der Waals surface area contributed by atoms with Gasteiger partial charge in [0.2, 0.25) is 0 Å². The van der Waals surface area contributed by atoms with Crippen LogP contribution in [-0.2, 0) is 6.42 Å². The van der Waals surface area contributed by atoms with E-state index in [-0.39, 0.29) is 0 Å². The van der Waals surface area contributed by atoms with E-state index in [4.69, 9.17) is 5.73 Å². The Morgan fingerprint density at radius 2 is 2.12 bits per heavy atom. The summed E-state index contributed by atoms with van der Waals surface area (Å²) in [6.45, 7) is 2.31. The molecule has 1 fully saturated rings. The van der Waals surface area contributed by atoms with Crippen LogP contribution >= 0.6 is 0 Å². The largest absolute Gasteiger partial charge is 0.327 e. The second-order valence-corrected chi connectivity index (χ2v) is 5.42. The van der Waals surface area contributed by atoms with E-state index >= 15 is 0 Å². The lowest BCUT2D eigenvalue weighted by Crippen LogP contribution is -2.35. The summed E-state index contributed by atoms with van der Waals surface area (Å²) in [6, 6.07) is 4.49. The summed E-state index contributed by atoms with van der Waals surface area (Å²) >= 11 is 0. The quantitative estimate of drug-likeness (QED) is 0.866. The second kappa shape index (κ2) is 6.15. The summed E-state index contributed by atoms with van der Waals surface area (Å²) in [5.41, 5.74) is 7.70. The van der Waals surface area contributed by atoms with Gasteiger partial charge in [-0.1, -0.05) is 26.2 Å². The van der Waals surface area contributed by atoms with E-state index in [1.807, 2.05) is 12.4 Å². The van der Waals surface area contributed by atoms with Gasteiger partial charge in [0, 0.05) is 18.4 Å². The number of pyridine rings is 1. The van der Waals surface area contributed by atoms with E-state index < -0.39 is 0 Å². The van der Waals surface area contributed by atoms with Crippen molar-refractivity contribution in [1.29, 1.82) is 0 Å². The van der Waals surface area contributed by atoms with Gasteiger partial charge in [-0.25, -0.2) is 0 Å². The summed E-state index contributed by atoms with van der Waals surface area (Å²) < 4.78 is 0. The molecular weight excluding hydrogens is 208 g/mol. The first-order chi connectivity index (χ1) is 8.29. The Balaban J connectivity index is 1.89. The molecule has 1 saturated carbocycles. The molecule has 1 heterocycles. The average Bonchev–Trinajstić information content (AvgIpc) is 2.40. The summed E-state index contributed by atoms with van der Waals surface area (Å²) in [4.78, 5) is 4.05. The molecule has 1 aliphatic carbocycles. The van der Waals surface area contributed by atoms with Crippen LogP contribution < -0.4 is 5.73 Å². The molecule has 0 saturated heterocycles. The van der Waals surface area contributed by atoms with Crippen LogP contribution in [0.15, 0.2) is 24.5 Å². The van der Waals surface area contributed by atoms with Crippen molar-refractivity contribution in [3.8, 4) is 0 Å². The van der Waals surface area contributed by atoms with Gasteiger partial charge in [-0.3, -0.25) is 4.98 Å². The topological polar surface area (TPSA) is 38.9 Å². The maximum Gasteiger partial charge on any atom is 0.0270 e. The summed E-state index contributed by atoms with van der Waals surface area (Å²) in [5, 5.41) is 0. The van der Waals surface area contributed by atoms with E-state index in [0.717, 1.165) is 18.3 Å². The second-order valence-electron chi connectivity index (χ2n) is 5.42. The molecule has 17 heavy (non-hydrogen) atoms. The minimum absolute atomic E-state index is 0.326. The third-order valence-electron chi connectivity index (χ3n) is 4.23. The fraction of sp³-hybridized carbons (Fsp3) is 0.667. The van der Waals surface area contributed by atoms with Crippen molar-refractivity contribution in [3.63, 3.8) is 0 Å². The molecule has 2 N–H and O–H groups in total. The molecule has 1 aromatic heterocycles. The van der Waals surface area contributed by atoms with Crippen LogP contribution in [0.1, 0.15) is 44.6 Å². The van der Waals surface area contributed by atoms with Crippen molar-refractivity contribution in [2.75, 3.05) is 0 Å². The predicted molar refractivity (Wildman–Crippen MR) is 71.7 cm³/mol. The van der Waals surface area contributed by atoms with Crippen molar-refractivity contribution in [2.45, 2.75) is 51.5 Å². The fourth-order valence-electron chi connectivity index (χ4n) is 3.05. The van der Waals surface area contributed by atoms with Crippen LogP contribution in [0.25, 0.3) is 0 Å². The summed E-state index contributed by atoms with van der Waals surface area (Å²) in [7, 11) is 0. The van der Waals surface area contributed by atoms with Gasteiger partial charge >= 0.3 is 0 Å². The normalized spacial score (nSPS) is 26.7. The third-order valence-corrected chi connectivity index (χ3v) is 4.23. The lowest BCUT2D eigenvalue weighted by molar-refractivity contribution is 0.228. The van der Waals surface area contributed by atoms with E-state index in [2.05, 4.69) is 24.0 Å². The standard InChI is InChI=1S/C15H24N2/c1-2-12-4-3-5-14(10-12)15(16)11-13-6-8-17-9-7-13/h6-9,12,14-15H,2-5,10-11,16H2,1H3. The van der Waals surface area contributed by atoms with Gasteiger partial charge in [-0.05, 0) is 48.8 Å². The highest BCUT2D eigenvalue weighted by atomic mass is 14.7. The van der Waals surface area contributed by atoms with Crippen LogP contribution in [0.5, 0.6) is 0 Å². The number of nitrogens with zero attached hydrogens (tertiary/aromatic N) is 1. The van der Waals surface area contributed by atoms with E-state index in [1.54, 1.807) is 0 Å². The first kappa shape index (κ1) is 12.6. The Bertz CT molecular complexity index is 323. The average molecular weight is 232 g/mol. The maximum absolute atomic E-state index is 6.38. The SMILES string of the molecule is CCC1CCCC(C(N)Cc2ccncc2)C1. The molecular formula is C15H24N2. The molecule has 3 atom stereocenters. The van der Waals surface area contributed by atoms with Gasteiger partial charge in [0.1, 0.15) is 0 Å². The number of hydrogen-bond donors (Lipinski definition) is 1. The molecule has 0 radical (unpaired) electrons. The zero-order valence-corrected chi connectivity index (χ0v) is 10.8. The Kier molecular flexibility index (Phi) is 4.55. The van der Waals surface area contributed by atoms with E-state index in [9.17, 15) is 0 Å². The van der Waals surface area contributed by atoms with Gasteiger partial charge in [-0.15, -0.1) is 0 Å². The molecule has 0 aromatic carbocycles. The highest BCUT2D eigenvalue weighted by molar-refractivity contribution is 5.11. The van der Waals surface area contributed by atoms with E-state index in [1.165, 1.54) is 37.7 Å². The van der Waals surface area contributed by atoms with Crippen LogP contribution in [0.4, 0.5) is 0 Å². The summed E-state index contributed by atoms with van der Waals surface area (Å²) in [5.74, 6) is 1.64. The molecule has 0 aliphatic heterocycles. The first-order valence-corrected chi connectivity index (χ1v) is 6.94. The minimum atomic E-state index is 0.326. The van der Waals surface area contributed by atoms with Gasteiger partial charge < -0.3 is 5.73 Å². The highest BCUT2D eigenvalue weighted by Crippen LogP contribution is 2.33. The smallest absolute Gasteiger partial charge is 0.0270 e. The maximum atomic E-state index is 6.38. The van der Waals surface area contributed by atoms with Crippen molar-refractivity contribution < 1.29 is 0 Å². The number of hydrogen-bond acceptors (Lipinski definition) is 2. The minimum Gasteiger partial charge on any atom is -0.327 e.